The van der Waals surface area contributed by atoms with Gasteiger partial charge in [-0.1, -0.05) is 34.3 Å². The van der Waals surface area contributed by atoms with Crippen molar-refractivity contribution in [3.8, 4) is 0 Å². The first kappa shape index (κ1) is 34.8. The topological polar surface area (TPSA) is 122 Å². The van der Waals surface area contributed by atoms with Gasteiger partial charge in [0, 0.05) is 23.9 Å². The minimum atomic E-state index is -0.896. The molecular formula is C33H58N2O8. The molecule has 0 spiro atoms. The van der Waals surface area contributed by atoms with Gasteiger partial charge in [-0.05, 0) is 72.5 Å². The largest absolute Gasteiger partial charge is 0.459 e. The van der Waals surface area contributed by atoms with Crippen LogP contribution in [-0.4, -0.2) is 109 Å². The molecule has 15 atom stereocenters. The molecule has 0 saturated carbocycles. The molecule has 4 rings (SSSR count). The van der Waals surface area contributed by atoms with E-state index in [0.717, 1.165) is 5.57 Å². The second kappa shape index (κ2) is 13.3. The maximum absolute atomic E-state index is 13.9. The van der Waals surface area contributed by atoms with Gasteiger partial charge in [-0.25, -0.2) is 0 Å². The van der Waals surface area contributed by atoms with Crippen molar-refractivity contribution in [3.05, 3.63) is 12.2 Å². The molecule has 4 bridgehead atoms. The number of nitrogens with two attached hydrogens (primary N) is 1. The van der Waals surface area contributed by atoms with Gasteiger partial charge in [0.1, 0.15) is 17.8 Å². The number of hydrogen-bond donors (Lipinski definition) is 2. The van der Waals surface area contributed by atoms with E-state index in [0.29, 0.717) is 19.3 Å². The van der Waals surface area contributed by atoms with Crippen LogP contribution in [0.1, 0.15) is 74.7 Å². The Bertz CT molecular complexity index is 996. The van der Waals surface area contributed by atoms with Crippen LogP contribution >= 0.6 is 0 Å². The van der Waals surface area contributed by atoms with Crippen LogP contribution in [0, 0.1) is 23.7 Å². The van der Waals surface area contributed by atoms with Crippen molar-refractivity contribution in [2.75, 3.05) is 27.3 Å². The zero-order chi connectivity index (χ0) is 32.0. The number of cyclic esters (lactones) is 1. The van der Waals surface area contributed by atoms with Crippen LogP contribution in [0.2, 0.25) is 0 Å². The SMILES string of the molecule is C=C1CO[C@H]2[C@@H](C)[C@@H](O[C@@H]3O[C@H](C)C[C@H](N(C)C)[C@H]3O)[C@@](C)(C[C@@H](C)C3OC(C)(C(N)C3C)[C@@H](CC)OC(=O)[C@@H]2C)OC1. The van der Waals surface area contributed by atoms with Crippen LogP contribution in [0.15, 0.2) is 12.2 Å². The highest BCUT2D eigenvalue weighted by Crippen LogP contribution is 2.46. The Balaban J connectivity index is 1.82. The maximum Gasteiger partial charge on any atom is 0.311 e. The minimum absolute atomic E-state index is 0.0107. The van der Waals surface area contributed by atoms with E-state index in [-0.39, 0.29) is 61.2 Å². The molecule has 4 heterocycles. The summed E-state index contributed by atoms with van der Waals surface area (Å²) in [7, 11) is 3.91. The third-order valence-electron chi connectivity index (χ3n) is 10.8. The van der Waals surface area contributed by atoms with Gasteiger partial charge in [0.15, 0.2) is 6.29 Å². The second-order valence-electron chi connectivity index (χ2n) is 14.6. The molecular weight excluding hydrogens is 552 g/mol. The quantitative estimate of drug-likeness (QED) is 0.362. The van der Waals surface area contributed by atoms with E-state index in [1.807, 2.05) is 53.6 Å². The summed E-state index contributed by atoms with van der Waals surface area (Å²) in [6, 6.07) is -0.467. The number of carbonyl (C=O) groups is 1. The van der Waals surface area contributed by atoms with Crippen molar-refractivity contribution in [2.24, 2.45) is 29.4 Å². The standard InChI is InChI=1S/C33H58N2O8/c1-12-24-33(9)28(34)20(5)26(43-33)18(3)14-32(8)29(42-31-25(36)23(35(10)11)13-19(4)40-31)21(6)27(22(7)30(37)41-24)38-15-17(2)16-39-32/h18-29,31,36H,2,12-16,34H2,1,3-11H3/t18-,19-,20?,21-,22-,23+,24-,25-,26?,27+,28?,29-,31+,32-,33?/m1/s1. The third kappa shape index (κ3) is 6.73. The molecule has 4 aliphatic heterocycles. The summed E-state index contributed by atoms with van der Waals surface area (Å²) >= 11 is 0. The highest BCUT2D eigenvalue weighted by Gasteiger charge is 2.58. The summed E-state index contributed by atoms with van der Waals surface area (Å²) in [5.41, 5.74) is 5.90. The van der Waals surface area contributed by atoms with Gasteiger partial charge in [-0.2, -0.15) is 0 Å². The number of aliphatic hydroxyl groups is 1. The summed E-state index contributed by atoms with van der Waals surface area (Å²) in [5.74, 6) is -1.32. The second-order valence-corrected chi connectivity index (χ2v) is 14.6. The van der Waals surface area contributed by atoms with Crippen molar-refractivity contribution in [1.29, 1.82) is 0 Å². The molecule has 43 heavy (non-hydrogen) atoms. The Morgan fingerprint density at radius 3 is 2.40 bits per heavy atom. The first-order valence-corrected chi connectivity index (χ1v) is 16.3. The maximum atomic E-state index is 13.9. The van der Waals surface area contributed by atoms with Gasteiger partial charge >= 0.3 is 5.97 Å². The van der Waals surface area contributed by atoms with Gasteiger partial charge in [0.05, 0.1) is 49.1 Å². The number of rotatable bonds is 4. The van der Waals surface area contributed by atoms with Crippen molar-refractivity contribution in [2.45, 2.75) is 141 Å². The van der Waals surface area contributed by atoms with Crippen LogP contribution < -0.4 is 5.73 Å². The lowest BCUT2D eigenvalue weighted by molar-refractivity contribution is -0.303. The van der Waals surface area contributed by atoms with E-state index in [1.54, 1.807) is 0 Å². The van der Waals surface area contributed by atoms with Crippen LogP contribution in [0.3, 0.4) is 0 Å². The third-order valence-corrected chi connectivity index (χ3v) is 10.8. The summed E-state index contributed by atoms with van der Waals surface area (Å²) in [6.07, 6.45) is -1.97. The van der Waals surface area contributed by atoms with Crippen molar-refractivity contribution in [1.82, 2.24) is 4.90 Å². The normalized spacial score (nSPS) is 50.2. The lowest BCUT2D eigenvalue weighted by Crippen LogP contribution is -2.60. The van der Waals surface area contributed by atoms with E-state index >= 15 is 0 Å². The zero-order valence-corrected chi connectivity index (χ0v) is 28.1. The number of hydrogen-bond acceptors (Lipinski definition) is 10. The van der Waals surface area contributed by atoms with Crippen molar-refractivity contribution < 1.29 is 38.3 Å². The number of ether oxygens (including phenoxy) is 6. The van der Waals surface area contributed by atoms with E-state index < -0.39 is 47.8 Å². The van der Waals surface area contributed by atoms with Crippen molar-refractivity contribution >= 4 is 5.97 Å². The summed E-state index contributed by atoms with van der Waals surface area (Å²) in [5, 5.41) is 11.5. The highest BCUT2D eigenvalue weighted by atomic mass is 16.7. The molecule has 10 nitrogen and oxygen atoms in total. The predicted octanol–water partition coefficient (Wildman–Crippen LogP) is 3.28. The summed E-state index contributed by atoms with van der Waals surface area (Å²) in [6.45, 7) is 20.9. The Hall–Kier alpha value is -1.11. The van der Waals surface area contributed by atoms with Gasteiger partial charge in [-0.15, -0.1) is 0 Å². The molecule has 0 aromatic rings. The number of aliphatic hydroxyl groups excluding tert-OH is 1. The fourth-order valence-electron chi connectivity index (χ4n) is 8.20. The molecule has 4 saturated heterocycles. The van der Waals surface area contributed by atoms with E-state index in [9.17, 15) is 9.90 Å². The van der Waals surface area contributed by atoms with Crippen molar-refractivity contribution in [3.63, 3.8) is 0 Å². The predicted molar refractivity (Wildman–Crippen MR) is 163 cm³/mol. The number of likely N-dealkylation sites (N-methyl/N-ethyl adjacent to an activating group) is 1. The van der Waals surface area contributed by atoms with Gasteiger partial charge in [0.2, 0.25) is 0 Å². The Morgan fingerprint density at radius 1 is 1.09 bits per heavy atom. The van der Waals surface area contributed by atoms with Gasteiger partial charge < -0.3 is 44.2 Å². The highest BCUT2D eigenvalue weighted by molar-refractivity contribution is 5.73. The fourth-order valence-corrected chi connectivity index (χ4v) is 8.20. The van der Waals surface area contributed by atoms with E-state index in [4.69, 9.17) is 34.2 Å². The Labute approximate surface area is 258 Å². The smallest absolute Gasteiger partial charge is 0.311 e. The summed E-state index contributed by atoms with van der Waals surface area (Å²) < 4.78 is 39.4. The number of carbonyl (C=O) groups excluding carboxylic acids is 1. The molecule has 248 valence electrons. The molecule has 0 aliphatic carbocycles. The number of fused-ring (bicyclic) bond motifs is 5. The molecule has 4 fully saturated rings. The molecule has 4 aliphatic rings. The Morgan fingerprint density at radius 2 is 1.77 bits per heavy atom. The zero-order valence-electron chi connectivity index (χ0n) is 28.1. The molecule has 10 heteroatoms. The lowest BCUT2D eigenvalue weighted by Gasteiger charge is -2.48. The van der Waals surface area contributed by atoms with Gasteiger partial charge in [0.25, 0.3) is 0 Å². The fraction of sp³-hybridized carbons (Fsp3) is 0.909. The summed E-state index contributed by atoms with van der Waals surface area (Å²) in [4.78, 5) is 15.9. The molecule has 0 aromatic heterocycles. The molecule has 0 radical (unpaired) electrons. The molecule has 0 amide bonds. The van der Waals surface area contributed by atoms with Gasteiger partial charge in [-0.3, -0.25) is 4.79 Å². The van der Waals surface area contributed by atoms with Crippen LogP contribution in [0.4, 0.5) is 0 Å². The van der Waals surface area contributed by atoms with E-state index in [1.165, 1.54) is 0 Å². The first-order valence-electron chi connectivity index (χ1n) is 16.3. The lowest BCUT2D eigenvalue weighted by atomic mass is 9.74. The number of nitrogens with zero attached hydrogens (tertiary/aromatic N) is 1. The average molecular weight is 611 g/mol. The number of esters is 1. The van der Waals surface area contributed by atoms with E-state index in [2.05, 4.69) is 27.4 Å². The molecule has 3 N–H and O–H groups in total. The van der Waals surface area contributed by atoms with Crippen LogP contribution in [0.5, 0.6) is 0 Å². The molecule has 0 aromatic carbocycles. The Kier molecular flexibility index (Phi) is 10.8. The van der Waals surface area contributed by atoms with Crippen LogP contribution in [0.25, 0.3) is 0 Å². The average Bonchev–Trinajstić information content (AvgIpc) is 3.20. The van der Waals surface area contributed by atoms with Crippen LogP contribution in [-0.2, 0) is 33.2 Å². The first-order chi connectivity index (χ1) is 20.0. The monoisotopic (exact) mass is 610 g/mol. The minimum Gasteiger partial charge on any atom is -0.459 e. The molecule has 4 unspecified atom stereocenters.